The summed E-state index contributed by atoms with van der Waals surface area (Å²) < 4.78 is 2.45. The molecule has 0 fully saturated rings. The fourth-order valence-corrected chi connectivity index (χ4v) is 3.41. The highest BCUT2D eigenvalue weighted by molar-refractivity contribution is 8.01. The summed E-state index contributed by atoms with van der Waals surface area (Å²) in [5.74, 6) is 1.08. The van der Waals surface area contributed by atoms with E-state index < -0.39 is 0 Å². The summed E-state index contributed by atoms with van der Waals surface area (Å²) >= 11 is 3.61. The lowest BCUT2D eigenvalue weighted by Crippen LogP contribution is -2.24. The van der Waals surface area contributed by atoms with Crippen molar-refractivity contribution in [2.45, 2.75) is 24.2 Å². The molecule has 4 heteroatoms. The maximum atomic E-state index is 4.58. The topological polar surface area (TPSA) is 24.9 Å². The molecule has 0 aliphatic heterocycles. The number of hydrogen-bond donors (Lipinski definition) is 1. The van der Waals surface area contributed by atoms with Gasteiger partial charge < -0.3 is 5.32 Å². The van der Waals surface area contributed by atoms with Gasteiger partial charge in [-0.15, -0.1) is 11.3 Å². The van der Waals surface area contributed by atoms with Crippen LogP contribution in [-0.4, -0.2) is 23.3 Å². The minimum Gasteiger partial charge on any atom is -0.314 e. The van der Waals surface area contributed by atoms with E-state index in [0.717, 1.165) is 17.8 Å². The van der Waals surface area contributed by atoms with Gasteiger partial charge in [0.2, 0.25) is 0 Å². The largest absolute Gasteiger partial charge is 0.314 e. The summed E-state index contributed by atoms with van der Waals surface area (Å²) in [7, 11) is 0. The molecule has 2 aromatic rings. The zero-order chi connectivity index (χ0) is 11.4. The van der Waals surface area contributed by atoms with E-state index in [1.807, 2.05) is 17.8 Å². The van der Waals surface area contributed by atoms with Crippen LogP contribution in [0.3, 0.4) is 0 Å². The fourth-order valence-electron chi connectivity index (χ4n) is 1.40. The average molecular weight is 252 g/mol. The first kappa shape index (κ1) is 11.9. The van der Waals surface area contributed by atoms with Crippen LogP contribution < -0.4 is 5.32 Å². The van der Waals surface area contributed by atoms with Gasteiger partial charge in [0.05, 0.1) is 10.2 Å². The number of thiazole rings is 1. The number of nitrogens with zero attached hydrogens (tertiary/aromatic N) is 1. The Kier molecular flexibility index (Phi) is 4.21. The van der Waals surface area contributed by atoms with Crippen molar-refractivity contribution >= 4 is 33.3 Å². The van der Waals surface area contributed by atoms with Gasteiger partial charge >= 0.3 is 0 Å². The predicted octanol–water partition coefficient (Wildman–Crippen LogP) is 3.39. The molecule has 0 aliphatic carbocycles. The number of benzene rings is 1. The van der Waals surface area contributed by atoms with Gasteiger partial charge in [-0.1, -0.05) is 37.7 Å². The molecule has 0 saturated carbocycles. The molecule has 1 aromatic carbocycles. The summed E-state index contributed by atoms with van der Waals surface area (Å²) in [5, 5.41) is 3.41. The first-order chi connectivity index (χ1) is 7.75. The van der Waals surface area contributed by atoms with Crippen LogP contribution in [0.25, 0.3) is 10.2 Å². The minimum absolute atomic E-state index is 0.566. The van der Waals surface area contributed by atoms with Crippen molar-refractivity contribution in [3.05, 3.63) is 24.3 Å². The van der Waals surface area contributed by atoms with E-state index in [-0.39, 0.29) is 0 Å². The van der Waals surface area contributed by atoms with E-state index in [2.05, 4.69) is 42.3 Å². The number of nitrogens with one attached hydrogen (secondary N) is 1. The molecule has 0 spiro atoms. The van der Waals surface area contributed by atoms with Gasteiger partial charge in [-0.05, 0) is 12.1 Å². The summed E-state index contributed by atoms with van der Waals surface area (Å²) in [6.45, 7) is 5.38. The van der Waals surface area contributed by atoms with Crippen LogP contribution in [0, 0.1) is 0 Å². The molecular formula is C12H16N2S2. The molecule has 0 amide bonds. The third kappa shape index (κ3) is 3.20. The SMILES string of the molecule is CC(C)NCCSc1nc2ccccc2s1. The molecular weight excluding hydrogens is 236 g/mol. The molecule has 1 aromatic heterocycles. The van der Waals surface area contributed by atoms with Gasteiger partial charge in [-0.2, -0.15) is 0 Å². The first-order valence-corrected chi connectivity index (χ1v) is 7.27. The maximum absolute atomic E-state index is 4.58. The number of rotatable bonds is 5. The second-order valence-corrected chi connectivity index (χ2v) is 6.28. The van der Waals surface area contributed by atoms with E-state index in [1.165, 1.54) is 9.04 Å². The molecule has 2 nitrogen and oxygen atoms in total. The fraction of sp³-hybridized carbons (Fsp3) is 0.417. The Bertz CT molecular complexity index is 418. The number of thioether (sulfide) groups is 1. The van der Waals surface area contributed by atoms with Gasteiger partial charge in [0.15, 0.2) is 4.34 Å². The third-order valence-corrected chi connectivity index (χ3v) is 4.34. The molecule has 0 bridgehead atoms. The van der Waals surface area contributed by atoms with Crippen molar-refractivity contribution in [2.24, 2.45) is 0 Å². The third-order valence-electron chi connectivity index (χ3n) is 2.15. The standard InChI is InChI=1S/C12H16N2S2/c1-9(2)13-7-8-15-12-14-10-5-3-4-6-11(10)16-12/h3-6,9,13H,7-8H2,1-2H3. The Morgan fingerprint density at radius 2 is 2.19 bits per heavy atom. The second kappa shape index (κ2) is 5.66. The van der Waals surface area contributed by atoms with Crippen molar-refractivity contribution < 1.29 is 0 Å². The van der Waals surface area contributed by atoms with Crippen LogP contribution in [0.1, 0.15) is 13.8 Å². The first-order valence-electron chi connectivity index (χ1n) is 5.47. The van der Waals surface area contributed by atoms with Crippen molar-refractivity contribution in [3.8, 4) is 0 Å². The normalized spacial score (nSPS) is 11.4. The number of hydrogen-bond acceptors (Lipinski definition) is 4. The van der Waals surface area contributed by atoms with Crippen LogP contribution >= 0.6 is 23.1 Å². The van der Waals surface area contributed by atoms with Crippen molar-refractivity contribution in [3.63, 3.8) is 0 Å². The number of para-hydroxylation sites is 1. The van der Waals surface area contributed by atoms with Crippen LogP contribution in [0.15, 0.2) is 28.6 Å². The quantitative estimate of drug-likeness (QED) is 0.652. The molecule has 1 heterocycles. The van der Waals surface area contributed by atoms with E-state index in [9.17, 15) is 0 Å². The lowest BCUT2D eigenvalue weighted by atomic mass is 10.3. The van der Waals surface area contributed by atoms with E-state index in [0.29, 0.717) is 6.04 Å². The van der Waals surface area contributed by atoms with Crippen molar-refractivity contribution in [1.82, 2.24) is 10.3 Å². The Morgan fingerprint density at radius 1 is 1.38 bits per heavy atom. The molecule has 2 rings (SSSR count). The Balaban J connectivity index is 1.89. The number of aromatic nitrogens is 1. The van der Waals surface area contributed by atoms with Gasteiger partial charge in [-0.25, -0.2) is 4.98 Å². The van der Waals surface area contributed by atoms with Gasteiger partial charge in [0, 0.05) is 18.3 Å². The average Bonchev–Trinajstić information content (AvgIpc) is 2.66. The molecule has 0 atom stereocenters. The van der Waals surface area contributed by atoms with Gasteiger partial charge in [0.1, 0.15) is 0 Å². The monoisotopic (exact) mass is 252 g/mol. The van der Waals surface area contributed by atoms with Gasteiger partial charge in [0.25, 0.3) is 0 Å². The van der Waals surface area contributed by atoms with Crippen molar-refractivity contribution in [1.29, 1.82) is 0 Å². The van der Waals surface area contributed by atoms with Gasteiger partial charge in [-0.3, -0.25) is 0 Å². The van der Waals surface area contributed by atoms with Crippen LogP contribution in [0.2, 0.25) is 0 Å². The van der Waals surface area contributed by atoms with Crippen LogP contribution in [0.4, 0.5) is 0 Å². The lowest BCUT2D eigenvalue weighted by Gasteiger charge is -2.05. The van der Waals surface area contributed by atoms with E-state index >= 15 is 0 Å². The molecule has 16 heavy (non-hydrogen) atoms. The predicted molar refractivity (Wildman–Crippen MR) is 73.5 cm³/mol. The zero-order valence-corrected chi connectivity index (χ0v) is 11.2. The molecule has 0 radical (unpaired) electrons. The minimum atomic E-state index is 0.566. The molecule has 86 valence electrons. The van der Waals surface area contributed by atoms with Crippen molar-refractivity contribution in [2.75, 3.05) is 12.3 Å². The van der Waals surface area contributed by atoms with E-state index in [4.69, 9.17) is 0 Å². The van der Waals surface area contributed by atoms with Crippen LogP contribution in [0.5, 0.6) is 0 Å². The highest BCUT2D eigenvalue weighted by Gasteiger charge is 2.03. The maximum Gasteiger partial charge on any atom is 0.151 e. The summed E-state index contributed by atoms with van der Waals surface area (Å²) in [4.78, 5) is 4.58. The molecule has 0 saturated heterocycles. The highest BCUT2D eigenvalue weighted by Crippen LogP contribution is 2.28. The smallest absolute Gasteiger partial charge is 0.151 e. The molecule has 0 unspecified atom stereocenters. The Hall–Kier alpha value is -0.580. The molecule has 0 aliphatic rings. The Morgan fingerprint density at radius 3 is 2.94 bits per heavy atom. The van der Waals surface area contributed by atoms with E-state index in [1.54, 1.807) is 11.3 Å². The summed E-state index contributed by atoms with van der Waals surface area (Å²) in [6, 6.07) is 8.87. The summed E-state index contributed by atoms with van der Waals surface area (Å²) in [5.41, 5.74) is 1.12. The second-order valence-electron chi connectivity index (χ2n) is 3.90. The zero-order valence-electron chi connectivity index (χ0n) is 9.56. The van der Waals surface area contributed by atoms with Crippen LogP contribution in [-0.2, 0) is 0 Å². The highest BCUT2D eigenvalue weighted by atomic mass is 32.2. The molecule has 1 N–H and O–H groups in total. The Labute approximate surface area is 104 Å². The lowest BCUT2D eigenvalue weighted by molar-refractivity contribution is 0.616. The summed E-state index contributed by atoms with van der Waals surface area (Å²) in [6.07, 6.45) is 0. The number of fused-ring (bicyclic) bond motifs is 1.